The molecule has 5 nitrogen and oxygen atoms in total. The standard InChI is InChI=1S/C25H29NO4/c1-17-8-9-20-22(15-17)30-25(21-7-4-14-29-23(20)21)10-12-26(13-11-25)16-18-5-2-3-6-19(18)24(27)28/h2-3,5-6,8-9,15,21,23H,4,7,10-14,16H2,1H3,(H,27,28)/t21-,23+/m0/s1. The molecule has 0 radical (unpaired) electrons. The van der Waals surface area contributed by atoms with Gasteiger partial charge in [0, 0.05) is 50.6 Å². The van der Waals surface area contributed by atoms with Crippen LogP contribution in [-0.4, -0.2) is 41.3 Å². The quantitative estimate of drug-likeness (QED) is 0.807. The lowest BCUT2D eigenvalue weighted by Crippen LogP contribution is -2.57. The van der Waals surface area contributed by atoms with E-state index in [0.717, 1.165) is 56.7 Å². The van der Waals surface area contributed by atoms with Crippen molar-refractivity contribution in [2.24, 2.45) is 5.92 Å². The molecule has 3 aliphatic rings. The van der Waals surface area contributed by atoms with Crippen molar-refractivity contribution < 1.29 is 19.4 Å². The molecule has 0 aromatic heterocycles. The molecular weight excluding hydrogens is 378 g/mol. The minimum Gasteiger partial charge on any atom is -0.486 e. The Morgan fingerprint density at radius 1 is 1.20 bits per heavy atom. The van der Waals surface area contributed by atoms with Crippen molar-refractivity contribution in [2.75, 3.05) is 19.7 Å². The number of hydrogen-bond donors (Lipinski definition) is 1. The van der Waals surface area contributed by atoms with Crippen molar-refractivity contribution in [1.82, 2.24) is 4.90 Å². The molecule has 0 amide bonds. The predicted molar refractivity (Wildman–Crippen MR) is 114 cm³/mol. The van der Waals surface area contributed by atoms with Gasteiger partial charge >= 0.3 is 5.97 Å². The van der Waals surface area contributed by atoms with Crippen LogP contribution in [0.2, 0.25) is 0 Å². The number of likely N-dealkylation sites (tertiary alicyclic amines) is 1. The van der Waals surface area contributed by atoms with Gasteiger partial charge < -0.3 is 14.6 Å². The first-order valence-corrected chi connectivity index (χ1v) is 11.0. The molecule has 2 fully saturated rings. The summed E-state index contributed by atoms with van der Waals surface area (Å²) >= 11 is 0. The van der Waals surface area contributed by atoms with E-state index in [1.54, 1.807) is 12.1 Å². The third-order valence-corrected chi connectivity index (χ3v) is 7.13. The fraction of sp³-hybridized carbons (Fsp3) is 0.480. The van der Waals surface area contributed by atoms with E-state index in [2.05, 4.69) is 30.0 Å². The number of carboxylic acid groups (broad SMARTS) is 1. The lowest BCUT2D eigenvalue weighted by molar-refractivity contribution is -0.150. The van der Waals surface area contributed by atoms with Crippen molar-refractivity contribution in [1.29, 1.82) is 0 Å². The van der Waals surface area contributed by atoms with E-state index in [9.17, 15) is 9.90 Å². The summed E-state index contributed by atoms with van der Waals surface area (Å²) in [5, 5.41) is 9.49. The predicted octanol–water partition coefficient (Wildman–Crippen LogP) is 4.59. The normalized spacial score (nSPS) is 25.2. The van der Waals surface area contributed by atoms with Gasteiger partial charge in [0.05, 0.1) is 11.7 Å². The molecule has 2 aromatic rings. The van der Waals surface area contributed by atoms with E-state index in [4.69, 9.17) is 9.47 Å². The smallest absolute Gasteiger partial charge is 0.336 e. The zero-order valence-electron chi connectivity index (χ0n) is 17.5. The molecule has 0 saturated carbocycles. The second-order valence-corrected chi connectivity index (χ2v) is 8.99. The monoisotopic (exact) mass is 407 g/mol. The molecular formula is C25H29NO4. The van der Waals surface area contributed by atoms with E-state index in [1.165, 1.54) is 11.1 Å². The average Bonchev–Trinajstić information content (AvgIpc) is 2.76. The summed E-state index contributed by atoms with van der Waals surface area (Å²) in [6.07, 6.45) is 4.24. The summed E-state index contributed by atoms with van der Waals surface area (Å²) in [4.78, 5) is 13.9. The topological polar surface area (TPSA) is 59.0 Å². The van der Waals surface area contributed by atoms with Crippen molar-refractivity contribution in [3.8, 4) is 5.75 Å². The van der Waals surface area contributed by atoms with Gasteiger partial charge in [-0.25, -0.2) is 4.79 Å². The molecule has 3 heterocycles. The number of piperidine rings is 1. The van der Waals surface area contributed by atoms with E-state index in [0.29, 0.717) is 18.0 Å². The van der Waals surface area contributed by atoms with Crippen molar-refractivity contribution in [3.63, 3.8) is 0 Å². The summed E-state index contributed by atoms with van der Waals surface area (Å²) in [5.74, 6) is 0.515. The largest absolute Gasteiger partial charge is 0.486 e. The first kappa shape index (κ1) is 19.6. The third-order valence-electron chi connectivity index (χ3n) is 7.13. The Balaban J connectivity index is 1.36. The minimum atomic E-state index is -0.858. The van der Waals surface area contributed by atoms with E-state index in [-0.39, 0.29) is 11.7 Å². The Morgan fingerprint density at radius 2 is 2.00 bits per heavy atom. The Labute approximate surface area is 177 Å². The molecule has 5 rings (SSSR count). The van der Waals surface area contributed by atoms with Crippen molar-refractivity contribution >= 4 is 5.97 Å². The fourth-order valence-corrected chi connectivity index (χ4v) is 5.56. The van der Waals surface area contributed by atoms with Gasteiger partial charge in [-0.3, -0.25) is 4.90 Å². The van der Waals surface area contributed by atoms with Gasteiger partial charge in [-0.15, -0.1) is 0 Å². The lowest BCUT2D eigenvalue weighted by Gasteiger charge is -2.53. The highest BCUT2D eigenvalue weighted by Crippen LogP contribution is 2.53. The van der Waals surface area contributed by atoms with Crippen LogP contribution in [0.3, 0.4) is 0 Å². The number of fused-ring (bicyclic) bond motifs is 4. The number of ether oxygens (including phenoxy) is 2. The average molecular weight is 408 g/mol. The second-order valence-electron chi connectivity index (χ2n) is 8.99. The molecule has 5 heteroatoms. The van der Waals surface area contributed by atoms with Gasteiger partial charge in [0.2, 0.25) is 0 Å². The van der Waals surface area contributed by atoms with Crippen LogP contribution >= 0.6 is 0 Å². The third kappa shape index (κ3) is 3.40. The number of carboxylic acids is 1. The number of aromatic carboxylic acids is 1. The van der Waals surface area contributed by atoms with E-state index in [1.807, 2.05) is 12.1 Å². The number of rotatable bonds is 3. The molecule has 2 aromatic carbocycles. The van der Waals surface area contributed by atoms with Gasteiger partial charge in [0.1, 0.15) is 11.4 Å². The zero-order valence-corrected chi connectivity index (χ0v) is 17.5. The molecule has 1 spiro atoms. The maximum atomic E-state index is 11.6. The Kier molecular flexibility index (Phi) is 5.03. The maximum absolute atomic E-state index is 11.6. The van der Waals surface area contributed by atoms with Gasteiger partial charge in [-0.2, -0.15) is 0 Å². The number of carbonyl (C=O) groups is 1. The molecule has 3 aliphatic heterocycles. The summed E-state index contributed by atoms with van der Waals surface area (Å²) in [6.45, 7) is 5.39. The first-order chi connectivity index (χ1) is 14.6. The highest BCUT2D eigenvalue weighted by molar-refractivity contribution is 5.89. The molecule has 158 valence electrons. The highest BCUT2D eigenvalue weighted by Gasteiger charge is 2.52. The first-order valence-electron chi connectivity index (χ1n) is 11.0. The van der Waals surface area contributed by atoms with Crippen molar-refractivity contribution in [3.05, 3.63) is 64.7 Å². The summed E-state index contributed by atoms with van der Waals surface area (Å²) in [7, 11) is 0. The zero-order chi connectivity index (χ0) is 20.7. The van der Waals surface area contributed by atoms with Gasteiger partial charge in [-0.1, -0.05) is 30.3 Å². The van der Waals surface area contributed by atoms with Crippen LogP contribution in [0.25, 0.3) is 0 Å². The van der Waals surface area contributed by atoms with Crippen LogP contribution in [-0.2, 0) is 11.3 Å². The van der Waals surface area contributed by atoms with Crippen LogP contribution in [0.5, 0.6) is 5.75 Å². The van der Waals surface area contributed by atoms with Gasteiger partial charge in [0.25, 0.3) is 0 Å². The number of aryl methyl sites for hydroxylation is 1. The van der Waals surface area contributed by atoms with Crippen LogP contribution in [0.15, 0.2) is 42.5 Å². The number of benzene rings is 2. The molecule has 0 aliphatic carbocycles. The van der Waals surface area contributed by atoms with Crippen LogP contribution in [0.1, 0.15) is 58.8 Å². The SMILES string of the molecule is Cc1ccc2c(c1)OC1(CCN(Cc3ccccc3C(=O)O)CC1)[C@H]1CCCO[C@H]21. The number of hydrogen-bond acceptors (Lipinski definition) is 4. The Morgan fingerprint density at radius 3 is 2.80 bits per heavy atom. The molecule has 2 atom stereocenters. The summed E-state index contributed by atoms with van der Waals surface area (Å²) < 4.78 is 13.1. The summed E-state index contributed by atoms with van der Waals surface area (Å²) in [5.41, 5.74) is 3.51. The van der Waals surface area contributed by atoms with E-state index >= 15 is 0 Å². The van der Waals surface area contributed by atoms with Crippen LogP contribution < -0.4 is 4.74 Å². The second kappa shape index (κ2) is 7.71. The molecule has 2 saturated heterocycles. The van der Waals surface area contributed by atoms with Gasteiger partial charge in [-0.05, 0) is 43.0 Å². The Bertz CT molecular complexity index is 948. The molecule has 0 unspecified atom stereocenters. The minimum absolute atomic E-state index is 0.127. The van der Waals surface area contributed by atoms with Crippen LogP contribution in [0, 0.1) is 12.8 Å². The Hall–Kier alpha value is -2.37. The van der Waals surface area contributed by atoms with Gasteiger partial charge in [0.15, 0.2) is 0 Å². The summed E-state index contributed by atoms with van der Waals surface area (Å²) in [6, 6.07) is 13.8. The van der Waals surface area contributed by atoms with E-state index < -0.39 is 5.97 Å². The molecule has 1 N–H and O–H groups in total. The maximum Gasteiger partial charge on any atom is 0.336 e. The molecule has 30 heavy (non-hydrogen) atoms. The highest BCUT2D eigenvalue weighted by atomic mass is 16.5. The number of nitrogens with zero attached hydrogens (tertiary/aromatic N) is 1. The lowest BCUT2D eigenvalue weighted by atomic mass is 9.70. The molecule has 0 bridgehead atoms. The van der Waals surface area contributed by atoms with Crippen molar-refractivity contribution in [2.45, 2.75) is 50.9 Å². The van der Waals surface area contributed by atoms with Crippen LogP contribution in [0.4, 0.5) is 0 Å². The fourth-order valence-electron chi connectivity index (χ4n) is 5.56.